The number of rotatable bonds is 3. The SMILES string of the molecule is COC1C(=O)CC1Oc1c(F)c(F)c(F)c(F)c1F. The highest BCUT2D eigenvalue weighted by Gasteiger charge is 2.43. The minimum absolute atomic E-state index is 0.224. The van der Waals surface area contributed by atoms with E-state index in [1.54, 1.807) is 0 Å². The standard InChI is InChI=1S/C11H7F5O3/c1-18-10-3(17)2-4(10)19-11-8(15)6(13)5(12)7(14)9(11)16/h4,10H,2H2,1H3. The van der Waals surface area contributed by atoms with Crippen LogP contribution in [-0.4, -0.2) is 25.1 Å². The molecule has 8 heteroatoms. The number of carbonyl (C=O) groups is 1. The van der Waals surface area contributed by atoms with Crippen molar-refractivity contribution in [2.75, 3.05) is 7.11 Å². The summed E-state index contributed by atoms with van der Waals surface area (Å²) < 4.78 is 74.4. The molecule has 0 aromatic heterocycles. The summed E-state index contributed by atoms with van der Waals surface area (Å²) in [5.74, 6) is -12.4. The predicted molar refractivity (Wildman–Crippen MR) is 51.1 cm³/mol. The zero-order valence-electron chi connectivity index (χ0n) is 9.48. The van der Waals surface area contributed by atoms with Crippen molar-refractivity contribution < 1.29 is 36.2 Å². The molecule has 2 rings (SSSR count). The number of ketones is 1. The molecule has 104 valence electrons. The molecule has 0 aliphatic heterocycles. The molecular formula is C11H7F5O3. The summed E-state index contributed by atoms with van der Waals surface area (Å²) in [7, 11) is 1.16. The van der Waals surface area contributed by atoms with Gasteiger partial charge in [0.25, 0.3) is 0 Å². The predicted octanol–water partition coefficient (Wildman–Crippen LogP) is 2.12. The molecule has 2 unspecified atom stereocenters. The van der Waals surface area contributed by atoms with Crippen molar-refractivity contribution in [3.05, 3.63) is 29.1 Å². The smallest absolute Gasteiger partial charge is 0.207 e. The Hall–Kier alpha value is -1.70. The van der Waals surface area contributed by atoms with Crippen molar-refractivity contribution in [1.82, 2.24) is 0 Å². The van der Waals surface area contributed by atoms with Gasteiger partial charge in [0.1, 0.15) is 6.10 Å². The maximum absolute atomic E-state index is 13.3. The fourth-order valence-corrected chi connectivity index (χ4v) is 1.69. The molecule has 0 spiro atoms. The first-order valence-electron chi connectivity index (χ1n) is 5.12. The molecule has 1 aliphatic carbocycles. The second-order valence-electron chi connectivity index (χ2n) is 3.88. The average Bonchev–Trinajstić information content (AvgIpc) is 2.38. The van der Waals surface area contributed by atoms with E-state index >= 15 is 0 Å². The van der Waals surface area contributed by atoms with Crippen LogP contribution in [0.2, 0.25) is 0 Å². The van der Waals surface area contributed by atoms with Crippen molar-refractivity contribution in [1.29, 1.82) is 0 Å². The van der Waals surface area contributed by atoms with Gasteiger partial charge in [0, 0.05) is 13.5 Å². The van der Waals surface area contributed by atoms with E-state index in [9.17, 15) is 26.7 Å². The highest BCUT2D eigenvalue weighted by Crippen LogP contribution is 2.33. The fourth-order valence-electron chi connectivity index (χ4n) is 1.69. The third kappa shape index (κ3) is 2.05. The molecule has 0 radical (unpaired) electrons. The number of hydrogen-bond donors (Lipinski definition) is 0. The summed E-state index contributed by atoms with van der Waals surface area (Å²) in [6, 6.07) is 0. The molecule has 2 atom stereocenters. The molecule has 1 saturated carbocycles. The van der Waals surface area contributed by atoms with Crippen LogP contribution >= 0.6 is 0 Å². The Balaban J connectivity index is 2.34. The minimum Gasteiger partial charge on any atom is -0.480 e. The summed E-state index contributed by atoms with van der Waals surface area (Å²) in [6.07, 6.45) is -2.38. The van der Waals surface area contributed by atoms with E-state index < -0.39 is 47.0 Å². The molecule has 1 aromatic rings. The summed E-state index contributed by atoms with van der Waals surface area (Å²) in [5.41, 5.74) is 0. The second kappa shape index (κ2) is 4.76. The van der Waals surface area contributed by atoms with Gasteiger partial charge in [-0.25, -0.2) is 13.2 Å². The molecule has 0 N–H and O–H groups in total. The average molecular weight is 282 g/mol. The van der Waals surface area contributed by atoms with Crippen LogP contribution in [0.3, 0.4) is 0 Å². The molecule has 3 nitrogen and oxygen atoms in total. The highest BCUT2D eigenvalue weighted by atomic mass is 19.2. The lowest BCUT2D eigenvalue weighted by atomic mass is 9.90. The van der Waals surface area contributed by atoms with Crippen LogP contribution in [0.15, 0.2) is 0 Å². The maximum atomic E-state index is 13.3. The Labute approximate surface area is 103 Å². The molecule has 1 fully saturated rings. The molecular weight excluding hydrogens is 275 g/mol. The molecule has 0 bridgehead atoms. The quantitative estimate of drug-likeness (QED) is 0.484. The van der Waals surface area contributed by atoms with E-state index in [0.29, 0.717) is 0 Å². The molecule has 0 amide bonds. The zero-order valence-corrected chi connectivity index (χ0v) is 9.48. The first kappa shape index (κ1) is 13.7. The first-order valence-corrected chi connectivity index (χ1v) is 5.12. The van der Waals surface area contributed by atoms with Gasteiger partial charge in [0.15, 0.2) is 17.6 Å². The number of carbonyl (C=O) groups excluding carboxylic acids is 1. The molecule has 19 heavy (non-hydrogen) atoms. The van der Waals surface area contributed by atoms with E-state index in [1.165, 1.54) is 0 Å². The molecule has 1 aliphatic rings. The van der Waals surface area contributed by atoms with Crippen LogP contribution in [-0.2, 0) is 9.53 Å². The van der Waals surface area contributed by atoms with E-state index in [0.717, 1.165) is 7.11 Å². The first-order chi connectivity index (χ1) is 8.88. The minimum atomic E-state index is -2.27. The van der Waals surface area contributed by atoms with Crippen LogP contribution < -0.4 is 4.74 Å². The Morgan fingerprint density at radius 3 is 1.84 bits per heavy atom. The van der Waals surface area contributed by atoms with Gasteiger partial charge < -0.3 is 9.47 Å². The van der Waals surface area contributed by atoms with Gasteiger partial charge in [-0.2, -0.15) is 8.78 Å². The van der Waals surface area contributed by atoms with Crippen LogP contribution in [0.4, 0.5) is 22.0 Å². The van der Waals surface area contributed by atoms with Gasteiger partial charge in [0.2, 0.25) is 29.1 Å². The Morgan fingerprint density at radius 1 is 0.947 bits per heavy atom. The van der Waals surface area contributed by atoms with E-state index in [2.05, 4.69) is 9.47 Å². The Bertz CT molecular complexity index is 517. The van der Waals surface area contributed by atoms with Gasteiger partial charge in [0.05, 0.1) is 0 Å². The Kier molecular flexibility index (Phi) is 3.44. The van der Waals surface area contributed by atoms with Crippen molar-refractivity contribution in [3.63, 3.8) is 0 Å². The lowest BCUT2D eigenvalue weighted by Gasteiger charge is -2.33. The third-order valence-corrected chi connectivity index (χ3v) is 2.75. The van der Waals surface area contributed by atoms with Gasteiger partial charge in [-0.05, 0) is 0 Å². The van der Waals surface area contributed by atoms with Crippen LogP contribution in [0.5, 0.6) is 5.75 Å². The summed E-state index contributed by atoms with van der Waals surface area (Å²) in [5, 5.41) is 0. The topological polar surface area (TPSA) is 35.5 Å². The van der Waals surface area contributed by atoms with Gasteiger partial charge in [-0.3, -0.25) is 4.79 Å². The van der Waals surface area contributed by atoms with Crippen LogP contribution in [0.25, 0.3) is 0 Å². The largest absolute Gasteiger partial charge is 0.480 e. The number of benzene rings is 1. The van der Waals surface area contributed by atoms with E-state index in [1.807, 2.05) is 0 Å². The number of hydrogen-bond acceptors (Lipinski definition) is 3. The highest BCUT2D eigenvalue weighted by molar-refractivity contribution is 5.90. The Morgan fingerprint density at radius 2 is 1.42 bits per heavy atom. The van der Waals surface area contributed by atoms with Crippen molar-refractivity contribution in [3.8, 4) is 5.75 Å². The number of methoxy groups -OCH3 is 1. The van der Waals surface area contributed by atoms with Crippen LogP contribution in [0, 0.1) is 29.1 Å². The number of halogens is 5. The second-order valence-corrected chi connectivity index (χ2v) is 3.88. The number of ether oxygens (including phenoxy) is 2. The lowest BCUT2D eigenvalue weighted by molar-refractivity contribution is -0.151. The summed E-state index contributed by atoms with van der Waals surface area (Å²) in [4.78, 5) is 11.0. The van der Waals surface area contributed by atoms with Gasteiger partial charge in [-0.1, -0.05) is 0 Å². The van der Waals surface area contributed by atoms with Crippen LogP contribution in [0.1, 0.15) is 6.42 Å². The fraction of sp³-hybridized carbons (Fsp3) is 0.364. The monoisotopic (exact) mass is 282 g/mol. The molecule has 1 aromatic carbocycles. The number of Topliss-reactive ketones (excluding diaryl/α,β-unsaturated/α-hetero) is 1. The molecule has 0 saturated heterocycles. The normalized spacial score (nSPS) is 22.3. The van der Waals surface area contributed by atoms with E-state index in [-0.39, 0.29) is 12.2 Å². The van der Waals surface area contributed by atoms with Crippen molar-refractivity contribution in [2.45, 2.75) is 18.6 Å². The third-order valence-electron chi connectivity index (χ3n) is 2.75. The van der Waals surface area contributed by atoms with Crippen molar-refractivity contribution >= 4 is 5.78 Å². The van der Waals surface area contributed by atoms with Crippen molar-refractivity contribution in [2.24, 2.45) is 0 Å². The summed E-state index contributed by atoms with van der Waals surface area (Å²) in [6.45, 7) is 0. The summed E-state index contributed by atoms with van der Waals surface area (Å²) >= 11 is 0. The zero-order chi connectivity index (χ0) is 14.3. The van der Waals surface area contributed by atoms with Gasteiger partial charge >= 0.3 is 0 Å². The lowest BCUT2D eigenvalue weighted by Crippen LogP contribution is -2.51. The maximum Gasteiger partial charge on any atom is 0.207 e. The van der Waals surface area contributed by atoms with Gasteiger partial charge in [-0.15, -0.1) is 0 Å². The molecule has 0 heterocycles. The van der Waals surface area contributed by atoms with E-state index in [4.69, 9.17) is 0 Å².